The van der Waals surface area contributed by atoms with Crippen LogP contribution in [-0.2, 0) is 4.74 Å². The molecular formula is C30H54O3. The molecule has 0 aliphatic heterocycles. The summed E-state index contributed by atoms with van der Waals surface area (Å²) in [6, 6.07) is 0. The Hall–Kier alpha value is -0.120. The Kier molecular flexibility index (Phi) is 7.66. The van der Waals surface area contributed by atoms with Crippen LogP contribution in [0.15, 0.2) is 0 Å². The van der Waals surface area contributed by atoms with Crippen LogP contribution in [0, 0.1) is 46.3 Å². The lowest BCUT2D eigenvalue weighted by Gasteiger charge is -2.62. The third-order valence-corrected chi connectivity index (χ3v) is 11.9. The van der Waals surface area contributed by atoms with E-state index in [4.69, 9.17) is 4.74 Å². The van der Waals surface area contributed by atoms with Gasteiger partial charge < -0.3 is 14.9 Å². The van der Waals surface area contributed by atoms with Gasteiger partial charge in [-0.3, -0.25) is 0 Å². The average Bonchev–Trinajstić information content (AvgIpc) is 3.14. The van der Waals surface area contributed by atoms with Gasteiger partial charge in [-0.1, -0.05) is 34.6 Å². The molecule has 0 unspecified atom stereocenters. The fourth-order valence-corrected chi connectivity index (χ4v) is 9.58. The first-order valence-corrected chi connectivity index (χ1v) is 14.6. The first-order chi connectivity index (χ1) is 15.6. The van der Waals surface area contributed by atoms with Crippen molar-refractivity contribution in [2.24, 2.45) is 46.3 Å². The van der Waals surface area contributed by atoms with E-state index in [9.17, 15) is 10.2 Å². The zero-order chi connectivity index (χ0) is 24.0. The van der Waals surface area contributed by atoms with Crippen LogP contribution in [0.5, 0.6) is 0 Å². The smallest absolute Gasteiger partial charge is 0.0648 e. The Morgan fingerprint density at radius 1 is 0.879 bits per heavy atom. The zero-order valence-electron chi connectivity index (χ0n) is 22.6. The normalized spacial score (nSPS) is 47.0. The Bertz CT molecular complexity index is 663. The van der Waals surface area contributed by atoms with E-state index in [2.05, 4.69) is 41.5 Å². The summed E-state index contributed by atoms with van der Waals surface area (Å²) in [6.45, 7) is 14.6. The molecule has 33 heavy (non-hydrogen) atoms. The Morgan fingerprint density at radius 2 is 1.61 bits per heavy atom. The first kappa shape index (κ1) is 26.0. The standard InChI is InChI=1S/C30H54O3/c1-7-30(32)18-17-28(5)21(19-30)9-10-22-23-11-12-25(29(23,6)16-15-24(22)28)27(33-8-2)14-13-26(31)20(3)4/h20-27,31-32H,7-19H2,1-6H3/t21-,22-,23-,24-,25+,26-,27+,28-,29-,30-/m0/s1. The quantitative estimate of drug-likeness (QED) is 0.409. The molecule has 0 aromatic rings. The Balaban J connectivity index is 1.49. The molecule has 4 aliphatic carbocycles. The van der Waals surface area contributed by atoms with Crippen LogP contribution in [0.4, 0.5) is 0 Å². The molecule has 0 amide bonds. The van der Waals surface area contributed by atoms with Crippen LogP contribution in [0.3, 0.4) is 0 Å². The second-order valence-electron chi connectivity index (χ2n) is 13.5. The molecule has 10 atom stereocenters. The molecule has 192 valence electrons. The van der Waals surface area contributed by atoms with Crippen LogP contribution in [0.2, 0.25) is 0 Å². The van der Waals surface area contributed by atoms with Crippen LogP contribution in [0.1, 0.15) is 119 Å². The van der Waals surface area contributed by atoms with Gasteiger partial charge in [0, 0.05) is 6.61 Å². The molecule has 4 rings (SSSR count). The summed E-state index contributed by atoms with van der Waals surface area (Å²) < 4.78 is 6.41. The molecule has 0 bridgehead atoms. The molecule has 2 N–H and O–H groups in total. The average molecular weight is 463 g/mol. The topological polar surface area (TPSA) is 49.7 Å². The van der Waals surface area contributed by atoms with E-state index in [0.717, 1.165) is 56.5 Å². The minimum Gasteiger partial charge on any atom is -0.393 e. The highest BCUT2D eigenvalue weighted by atomic mass is 16.5. The monoisotopic (exact) mass is 462 g/mol. The number of aliphatic hydroxyl groups excluding tert-OH is 1. The lowest BCUT2D eigenvalue weighted by molar-refractivity contribution is -0.157. The SMILES string of the molecule is CCO[C@H](CC[C@H](O)C(C)C)[C@H]1CC[C@H]2[C@@H]3CC[C@H]4C[C@](O)(CC)CC[C@]4(C)[C@H]3CC[C@]12C. The van der Waals surface area contributed by atoms with Gasteiger partial charge in [0.25, 0.3) is 0 Å². The fourth-order valence-electron chi connectivity index (χ4n) is 9.58. The van der Waals surface area contributed by atoms with E-state index in [-0.39, 0.29) is 6.10 Å². The van der Waals surface area contributed by atoms with Crippen LogP contribution >= 0.6 is 0 Å². The van der Waals surface area contributed by atoms with Gasteiger partial charge in [0.1, 0.15) is 0 Å². The predicted molar refractivity (Wildman–Crippen MR) is 136 cm³/mol. The lowest BCUT2D eigenvalue weighted by atomic mass is 9.43. The van der Waals surface area contributed by atoms with Crippen molar-refractivity contribution in [3.63, 3.8) is 0 Å². The van der Waals surface area contributed by atoms with Crippen molar-refractivity contribution in [1.29, 1.82) is 0 Å². The number of hydrogen-bond acceptors (Lipinski definition) is 3. The molecule has 0 heterocycles. The second kappa shape index (κ2) is 9.74. The maximum Gasteiger partial charge on any atom is 0.0648 e. The van der Waals surface area contributed by atoms with Crippen LogP contribution in [-0.4, -0.2) is 34.6 Å². The summed E-state index contributed by atoms with van der Waals surface area (Å²) in [5.74, 6) is 4.24. The maximum absolute atomic E-state index is 11.1. The van der Waals surface area contributed by atoms with Gasteiger partial charge in [-0.25, -0.2) is 0 Å². The van der Waals surface area contributed by atoms with Gasteiger partial charge in [0.2, 0.25) is 0 Å². The molecule has 3 nitrogen and oxygen atoms in total. The third kappa shape index (κ3) is 4.57. The molecule has 0 aromatic carbocycles. The van der Waals surface area contributed by atoms with Gasteiger partial charge in [-0.15, -0.1) is 0 Å². The van der Waals surface area contributed by atoms with Crippen molar-refractivity contribution in [1.82, 2.24) is 0 Å². The molecule has 3 heteroatoms. The van der Waals surface area contributed by atoms with Crippen LogP contribution < -0.4 is 0 Å². The number of fused-ring (bicyclic) bond motifs is 5. The molecule has 4 saturated carbocycles. The fraction of sp³-hybridized carbons (Fsp3) is 1.00. The summed E-state index contributed by atoms with van der Waals surface area (Å²) >= 11 is 0. The molecule has 0 saturated heterocycles. The van der Waals surface area contributed by atoms with Crippen molar-refractivity contribution in [2.75, 3.05) is 6.61 Å². The molecule has 4 fully saturated rings. The van der Waals surface area contributed by atoms with Crippen molar-refractivity contribution < 1.29 is 14.9 Å². The molecule has 0 radical (unpaired) electrons. The zero-order valence-corrected chi connectivity index (χ0v) is 22.6. The minimum atomic E-state index is -0.399. The molecular weight excluding hydrogens is 408 g/mol. The third-order valence-electron chi connectivity index (χ3n) is 11.9. The Labute approximate surface area is 204 Å². The van der Waals surface area contributed by atoms with E-state index in [1.54, 1.807) is 0 Å². The van der Waals surface area contributed by atoms with Crippen LogP contribution in [0.25, 0.3) is 0 Å². The highest BCUT2D eigenvalue weighted by molar-refractivity contribution is 5.11. The summed E-state index contributed by atoms with van der Waals surface area (Å²) in [6.07, 6.45) is 14.3. The van der Waals surface area contributed by atoms with Crippen molar-refractivity contribution in [2.45, 2.75) is 136 Å². The van der Waals surface area contributed by atoms with E-state index >= 15 is 0 Å². The van der Waals surface area contributed by atoms with Crippen molar-refractivity contribution in [3.8, 4) is 0 Å². The highest BCUT2D eigenvalue weighted by Gasteiger charge is 2.61. The largest absolute Gasteiger partial charge is 0.393 e. The molecule has 0 aromatic heterocycles. The van der Waals surface area contributed by atoms with E-state index < -0.39 is 5.60 Å². The summed E-state index contributed by atoms with van der Waals surface area (Å²) in [4.78, 5) is 0. The van der Waals surface area contributed by atoms with Gasteiger partial charge in [0.05, 0.1) is 17.8 Å². The minimum absolute atomic E-state index is 0.211. The number of ether oxygens (including phenoxy) is 1. The lowest BCUT2D eigenvalue weighted by Crippen LogP contribution is -2.56. The van der Waals surface area contributed by atoms with Crippen molar-refractivity contribution >= 4 is 0 Å². The number of hydrogen-bond donors (Lipinski definition) is 2. The van der Waals surface area contributed by atoms with E-state index in [0.29, 0.717) is 34.7 Å². The second-order valence-corrected chi connectivity index (χ2v) is 13.5. The number of rotatable bonds is 8. The van der Waals surface area contributed by atoms with Gasteiger partial charge in [-0.05, 0) is 130 Å². The Morgan fingerprint density at radius 3 is 2.27 bits per heavy atom. The predicted octanol–water partition coefficient (Wildman–Crippen LogP) is 6.99. The summed E-state index contributed by atoms with van der Waals surface area (Å²) in [7, 11) is 0. The summed E-state index contributed by atoms with van der Waals surface area (Å²) in [5.41, 5.74) is 0.431. The van der Waals surface area contributed by atoms with Crippen molar-refractivity contribution in [3.05, 3.63) is 0 Å². The highest BCUT2D eigenvalue weighted by Crippen LogP contribution is 2.68. The van der Waals surface area contributed by atoms with Gasteiger partial charge in [0.15, 0.2) is 0 Å². The van der Waals surface area contributed by atoms with Gasteiger partial charge >= 0.3 is 0 Å². The maximum atomic E-state index is 11.1. The summed E-state index contributed by atoms with van der Waals surface area (Å²) in [5, 5.41) is 21.5. The van der Waals surface area contributed by atoms with Gasteiger partial charge in [-0.2, -0.15) is 0 Å². The number of aliphatic hydroxyl groups is 2. The molecule has 4 aliphatic rings. The van der Waals surface area contributed by atoms with E-state index in [1.165, 1.54) is 44.9 Å². The van der Waals surface area contributed by atoms with E-state index in [1.807, 2.05) is 0 Å². The molecule has 0 spiro atoms. The first-order valence-electron chi connectivity index (χ1n) is 14.6.